The third kappa shape index (κ3) is 5.12. The SMILES string of the molecule is CCOC(=O)CC1CCC(C(=O)OCC)C(OCC)C1. The van der Waals surface area contributed by atoms with Crippen LogP contribution in [0.3, 0.4) is 0 Å². The normalized spacial score (nSPS) is 26.1. The Morgan fingerprint density at radius 3 is 2.30 bits per heavy atom. The number of carbonyl (C=O) groups is 2. The minimum atomic E-state index is -0.201. The number of esters is 2. The quantitative estimate of drug-likeness (QED) is 0.672. The highest BCUT2D eigenvalue weighted by Gasteiger charge is 2.37. The van der Waals surface area contributed by atoms with Gasteiger partial charge in [0.15, 0.2) is 0 Å². The van der Waals surface area contributed by atoms with E-state index in [4.69, 9.17) is 14.2 Å². The van der Waals surface area contributed by atoms with Crippen LogP contribution in [0.25, 0.3) is 0 Å². The molecule has 0 amide bonds. The first kappa shape index (κ1) is 17.0. The maximum absolute atomic E-state index is 11.9. The second-order valence-corrected chi connectivity index (χ2v) is 5.04. The van der Waals surface area contributed by atoms with E-state index in [1.165, 1.54) is 0 Å². The average molecular weight is 286 g/mol. The molecule has 5 nitrogen and oxygen atoms in total. The highest BCUT2D eigenvalue weighted by Crippen LogP contribution is 2.34. The molecule has 0 aromatic carbocycles. The molecule has 0 aliphatic heterocycles. The summed E-state index contributed by atoms with van der Waals surface area (Å²) in [5.74, 6) is -0.313. The summed E-state index contributed by atoms with van der Waals surface area (Å²) in [5.41, 5.74) is 0. The lowest BCUT2D eigenvalue weighted by Crippen LogP contribution is -2.38. The van der Waals surface area contributed by atoms with Crippen molar-refractivity contribution in [1.82, 2.24) is 0 Å². The summed E-state index contributed by atoms with van der Waals surface area (Å²) in [6.45, 7) is 6.88. The molecular weight excluding hydrogens is 260 g/mol. The second kappa shape index (κ2) is 8.95. The smallest absolute Gasteiger partial charge is 0.311 e. The zero-order valence-electron chi connectivity index (χ0n) is 12.7. The van der Waals surface area contributed by atoms with Gasteiger partial charge in [-0.1, -0.05) is 0 Å². The Morgan fingerprint density at radius 2 is 1.70 bits per heavy atom. The minimum absolute atomic E-state index is 0.146. The molecule has 3 unspecified atom stereocenters. The van der Waals surface area contributed by atoms with E-state index in [0.29, 0.717) is 32.7 Å². The number of hydrogen-bond donors (Lipinski definition) is 0. The molecular formula is C15H26O5. The number of carbonyl (C=O) groups excluding carboxylic acids is 2. The Bertz CT molecular complexity index is 315. The zero-order valence-corrected chi connectivity index (χ0v) is 12.7. The van der Waals surface area contributed by atoms with E-state index < -0.39 is 0 Å². The second-order valence-electron chi connectivity index (χ2n) is 5.04. The number of hydrogen-bond acceptors (Lipinski definition) is 5. The Labute approximate surface area is 121 Å². The molecule has 1 rings (SSSR count). The standard InChI is InChI=1S/C15H26O5/c1-4-18-13-9-11(10-14(16)19-5-2)7-8-12(13)15(17)20-6-3/h11-13H,4-10H2,1-3H3. The van der Waals surface area contributed by atoms with Gasteiger partial charge >= 0.3 is 11.9 Å². The van der Waals surface area contributed by atoms with Crippen molar-refractivity contribution in [2.24, 2.45) is 11.8 Å². The van der Waals surface area contributed by atoms with Crippen molar-refractivity contribution < 1.29 is 23.8 Å². The van der Waals surface area contributed by atoms with Gasteiger partial charge < -0.3 is 14.2 Å². The summed E-state index contributed by atoms with van der Waals surface area (Å²) in [4.78, 5) is 23.5. The molecule has 20 heavy (non-hydrogen) atoms. The molecule has 0 heterocycles. The van der Waals surface area contributed by atoms with Crippen LogP contribution in [0, 0.1) is 11.8 Å². The van der Waals surface area contributed by atoms with Crippen molar-refractivity contribution in [3.05, 3.63) is 0 Å². The van der Waals surface area contributed by atoms with Crippen LogP contribution in [0.15, 0.2) is 0 Å². The highest BCUT2D eigenvalue weighted by molar-refractivity contribution is 5.73. The van der Waals surface area contributed by atoms with Crippen molar-refractivity contribution in [2.45, 2.75) is 52.6 Å². The topological polar surface area (TPSA) is 61.8 Å². The van der Waals surface area contributed by atoms with Gasteiger partial charge in [-0.3, -0.25) is 9.59 Å². The molecule has 1 aliphatic rings. The molecule has 0 spiro atoms. The van der Waals surface area contributed by atoms with Crippen LogP contribution in [0.5, 0.6) is 0 Å². The molecule has 116 valence electrons. The van der Waals surface area contributed by atoms with Gasteiger partial charge in [-0.05, 0) is 46.0 Å². The molecule has 1 aliphatic carbocycles. The van der Waals surface area contributed by atoms with Gasteiger partial charge in [0.25, 0.3) is 0 Å². The van der Waals surface area contributed by atoms with Crippen LogP contribution in [0.1, 0.15) is 46.5 Å². The van der Waals surface area contributed by atoms with Gasteiger partial charge in [0.05, 0.1) is 25.2 Å². The lowest BCUT2D eigenvalue weighted by atomic mass is 9.78. The van der Waals surface area contributed by atoms with Crippen LogP contribution in [0.2, 0.25) is 0 Å². The lowest BCUT2D eigenvalue weighted by molar-refractivity contribution is -0.157. The first-order valence-electron chi connectivity index (χ1n) is 7.56. The zero-order chi connectivity index (χ0) is 15.0. The van der Waals surface area contributed by atoms with Crippen LogP contribution in [-0.2, 0) is 23.8 Å². The van der Waals surface area contributed by atoms with E-state index in [0.717, 1.165) is 12.8 Å². The Balaban J connectivity index is 2.55. The molecule has 0 aromatic heterocycles. The first-order valence-corrected chi connectivity index (χ1v) is 7.56. The maximum Gasteiger partial charge on any atom is 0.311 e. The van der Waals surface area contributed by atoms with Gasteiger partial charge in [-0.2, -0.15) is 0 Å². The molecule has 0 saturated heterocycles. The summed E-state index contributed by atoms with van der Waals surface area (Å²) in [5, 5.41) is 0. The predicted molar refractivity (Wildman–Crippen MR) is 74.1 cm³/mol. The van der Waals surface area contributed by atoms with Crippen molar-refractivity contribution in [1.29, 1.82) is 0 Å². The molecule has 0 radical (unpaired) electrons. The Kier molecular flexibility index (Phi) is 7.59. The molecule has 0 bridgehead atoms. The maximum atomic E-state index is 11.9. The molecule has 0 aromatic rings. The van der Waals surface area contributed by atoms with Gasteiger partial charge in [0.2, 0.25) is 0 Å². The van der Waals surface area contributed by atoms with E-state index in [2.05, 4.69) is 0 Å². The van der Waals surface area contributed by atoms with Crippen LogP contribution < -0.4 is 0 Å². The number of ether oxygens (including phenoxy) is 3. The molecule has 5 heteroatoms. The van der Waals surface area contributed by atoms with E-state index in [9.17, 15) is 9.59 Å². The molecule has 1 saturated carbocycles. The summed E-state index contributed by atoms with van der Waals surface area (Å²) < 4.78 is 15.8. The average Bonchev–Trinajstić information content (AvgIpc) is 2.40. The van der Waals surface area contributed by atoms with Crippen LogP contribution >= 0.6 is 0 Å². The monoisotopic (exact) mass is 286 g/mol. The molecule has 1 fully saturated rings. The largest absolute Gasteiger partial charge is 0.466 e. The van der Waals surface area contributed by atoms with Gasteiger partial charge in [-0.15, -0.1) is 0 Å². The van der Waals surface area contributed by atoms with Crippen molar-refractivity contribution >= 4 is 11.9 Å². The van der Waals surface area contributed by atoms with Crippen molar-refractivity contribution in [2.75, 3.05) is 19.8 Å². The van der Waals surface area contributed by atoms with E-state index in [1.807, 2.05) is 6.92 Å². The van der Waals surface area contributed by atoms with Gasteiger partial charge in [0.1, 0.15) is 0 Å². The third-order valence-corrected chi connectivity index (χ3v) is 3.63. The van der Waals surface area contributed by atoms with Crippen molar-refractivity contribution in [3.63, 3.8) is 0 Å². The summed E-state index contributed by atoms with van der Waals surface area (Å²) in [7, 11) is 0. The fourth-order valence-corrected chi connectivity index (χ4v) is 2.77. The van der Waals surface area contributed by atoms with E-state index in [1.54, 1.807) is 13.8 Å². The summed E-state index contributed by atoms with van der Waals surface area (Å²) in [6, 6.07) is 0. The Hall–Kier alpha value is -1.10. The van der Waals surface area contributed by atoms with E-state index >= 15 is 0 Å². The summed E-state index contributed by atoms with van der Waals surface area (Å²) in [6.07, 6.45) is 2.54. The molecule has 0 N–H and O–H groups in total. The van der Waals surface area contributed by atoms with Crippen LogP contribution in [0.4, 0.5) is 0 Å². The first-order chi connectivity index (χ1) is 9.62. The van der Waals surface area contributed by atoms with Crippen molar-refractivity contribution in [3.8, 4) is 0 Å². The Morgan fingerprint density at radius 1 is 1.00 bits per heavy atom. The lowest BCUT2D eigenvalue weighted by Gasteiger charge is -2.34. The number of rotatable bonds is 7. The predicted octanol–water partition coefficient (Wildman–Crippen LogP) is 2.32. The van der Waals surface area contributed by atoms with E-state index in [-0.39, 0.29) is 29.9 Å². The molecule has 3 atom stereocenters. The highest BCUT2D eigenvalue weighted by atomic mass is 16.5. The third-order valence-electron chi connectivity index (χ3n) is 3.63. The summed E-state index contributed by atoms with van der Waals surface area (Å²) >= 11 is 0. The van der Waals surface area contributed by atoms with Crippen LogP contribution in [-0.4, -0.2) is 37.9 Å². The van der Waals surface area contributed by atoms with Gasteiger partial charge in [0, 0.05) is 13.0 Å². The fourth-order valence-electron chi connectivity index (χ4n) is 2.77. The minimum Gasteiger partial charge on any atom is -0.466 e. The van der Waals surface area contributed by atoms with Gasteiger partial charge in [-0.25, -0.2) is 0 Å². The fraction of sp³-hybridized carbons (Fsp3) is 0.867.